The summed E-state index contributed by atoms with van der Waals surface area (Å²) in [5.74, 6) is -0.268. The van der Waals surface area contributed by atoms with Crippen molar-refractivity contribution in [3.63, 3.8) is 0 Å². The lowest BCUT2D eigenvalue weighted by Crippen LogP contribution is -2.46. The first-order chi connectivity index (χ1) is 14.5. The molecule has 1 saturated heterocycles. The number of aliphatic hydroxyl groups excluding tert-OH is 1. The minimum atomic E-state index is -2.72. The Morgan fingerprint density at radius 1 is 1.16 bits per heavy atom. The lowest BCUT2D eigenvalue weighted by Gasteiger charge is -2.37. The summed E-state index contributed by atoms with van der Waals surface area (Å²) >= 11 is 0. The van der Waals surface area contributed by atoms with Crippen LogP contribution in [0, 0.1) is 0 Å². The standard InChI is InChI=1S/C20H31NO4/c1-23-19-8-7-15(13-20(19)24-2)10-12-25-18-6-4-3-5-17(18)21-11-9-16(22)14-21/h7-8,13,16-18,22H,3-6,9-12,14H2,1-2H3/t16-,17?,18-/m1/s1/i1D3,2D3. The monoisotopic (exact) mass is 355 g/mol. The Labute approximate surface area is 159 Å². The Kier molecular flexibility index (Phi) is 4.32. The number of β-amino-alcohol motifs (C(OH)–C–C–N with tert-alkyl or cyclic N) is 1. The summed E-state index contributed by atoms with van der Waals surface area (Å²) in [5.41, 5.74) is 0.765. The first kappa shape index (κ1) is 12.2. The van der Waals surface area contributed by atoms with E-state index in [4.69, 9.17) is 22.4 Å². The van der Waals surface area contributed by atoms with Crippen LogP contribution in [0.3, 0.4) is 0 Å². The SMILES string of the molecule is [2H]C([2H])([2H])Oc1ccc(CCO[C@@H]2CCCCC2N2CC[C@@H](O)C2)cc1OC([2H])([2H])[2H]. The van der Waals surface area contributed by atoms with E-state index >= 15 is 0 Å². The molecule has 0 aromatic heterocycles. The topological polar surface area (TPSA) is 51.2 Å². The van der Waals surface area contributed by atoms with Crippen molar-refractivity contribution in [2.75, 3.05) is 33.8 Å². The zero-order chi connectivity index (χ0) is 22.6. The van der Waals surface area contributed by atoms with Crippen LogP contribution >= 0.6 is 0 Å². The van der Waals surface area contributed by atoms with Gasteiger partial charge in [-0.1, -0.05) is 18.9 Å². The zero-order valence-corrected chi connectivity index (χ0v) is 14.4. The fourth-order valence-electron chi connectivity index (χ4n) is 3.96. The number of benzene rings is 1. The van der Waals surface area contributed by atoms with Gasteiger partial charge in [0, 0.05) is 19.1 Å². The summed E-state index contributed by atoms with van der Waals surface area (Å²) in [5, 5.41) is 9.86. The van der Waals surface area contributed by atoms with Crippen molar-refractivity contribution >= 4 is 0 Å². The van der Waals surface area contributed by atoms with E-state index in [0.29, 0.717) is 25.6 Å². The van der Waals surface area contributed by atoms with E-state index in [1.807, 2.05) is 0 Å². The molecule has 1 heterocycles. The predicted molar refractivity (Wildman–Crippen MR) is 97.4 cm³/mol. The van der Waals surface area contributed by atoms with E-state index in [1.54, 1.807) is 6.07 Å². The van der Waals surface area contributed by atoms with Gasteiger partial charge in [-0.3, -0.25) is 4.90 Å². The second kappa shape index (κ2) is 8.88. The fraction of sp³-hybridized carbons (Fsp3) is 0.700. The van der Waals surface area contributed by atoms with E-state index < -0.39 is 14.1 Å². The number of rotatable bonds is 7. The van der Waals surface area contributed by atoms with Crippen LogP contribution in [0.2, 0.25) is 0 Å². The molecule has 5 heteroatoms. The van der Waals surface area contributed by atoms with Crippen LogP contribution in [0.25, 0.3) is 0 Å². The van der Waals surface area contributed by atoms with Crippen molar-refractivity contribution in [1.29, 1.82) is 0 Å². The molecule has 5 nitrogen and oxygen atoms in total. The van der Waals surface area contributed by atoms with Crippen LogP contribution < -0.4 is 9.47 Å². The van der Waals surface area contributed by atoms with Crippen molar-refractivity contribution < 1.29 is 27.5 Å². The highest BCUT2D eigenvalue weighted by molar-refractivity contribution is 5.42. The van der Waals surface area contributed by atoms with E-state index in [2.05, 4.69) is 4.90 Å². The number of nitrogens with zero attached hydrogens (tertiary/aromatic N) is 1. The van der Waals surface area contributed by atoms with Crippen LogP contribution in [0.4, 0.5) is 0 Å². The largest absolute Gasteiger partial charge is 0.493 e. The zero-order valence-electron chi connectivity index (χ0n) is 20.4. The Morgan fingerprint density at radius 2 is 2.00 bits per heavy atom. The lowest BCUT2D eigenvalue weighted by atomic mass is 9.91. The van der Waals surface area contributed by atoms with Gasteiger partial charge in [-0.05, 0) is 43.4 Å². The lowest BCUT2D eigenvalue weighted by molar-refractivity contribution is -0.0316. The van der Waals surface area contributed by atoms with E-state index in [9.17, 15) is 5.11 Å². The molecule has 1 N–H and O–H groups in total. The summed E-state index contributed by atoms with van der Waals surface area (Å²) in [6.45, 7) is 2.04. The molecule has 1 aliphatic carbocycles. The molecule has 1 aromatic carbocycles. The molecule has 0 radical (unpaired) electrons. The highest BCUT2D eigenvalue weighted by Crippen LogP contribution is 2.30. The van der Waals surface area contributed by atoms with E-state index in [0.717, 1.165) is 44.2 Å². The summed E-state index contributed by atoms with van der Waals surface area (Å²) in [7, 11) is -5.44. The molecule has 1 aliphatic heterocycles. The molecule has 3 rings (SSSR count). The molecule has 1 unspecified atom stereocenters. The first-order valence-corrected chi connectivity index (χ1v) is 9.05. The Morgan fingerprint density at radius 3 is 2.80 bits per heavy atom. The van der Waals surface area contributed by atoms with Crippen LogP contribution in [-0.4, -0.2) is 62.0 Å². The number of hydrogen-bond donors (Lipinski definition) is 1. The Hall–Kier alpha value is -1.30. The van der Waals surface area contributed by atoms with Gasteiger partial charge in [-0.2, -0.15) is 0 Å². The van der Waals surface area contributed by atoms with Crippen LogP contribution in [-0.2, 0) is 11.2 Å². The minimum absolute atomic E-state index is 0.107. The molecule has 0 amide bonds. The molecular formula is C20H31NO4. The molecule has 2 fully saturated rings. The highest BCUT2D eigenvalue weighted by Gasteiger charge is 2.34. The van der Waals surface area contributed by atoms with Crippen molar-refractivity contribution in [3.8, 4) is 11.5 Å². The van der Waals surface area contributed by atoms with E-state index in [1.165, 1.54) is 12.1 Å². The maximum Gasteiger partial charge on any atom is 0.160 e. The molecule has 25 heavy (non-hydrogen) atoms. The molecule has 3 atom stereocenters. The van der Waals surface area contributed by atoms with Gasteiger partial charge in [0.1, 0.15) is 0 Å². The van der Waals surface area contributed by atoms with Gasteiger partial charge in [0.05, 0.1) is 41.1 Å². The van der Waals surface area contributed by atoms with Gasteiger partial charge in [-0.15, -0.1) is 0 Å². The molecule has 140 valence electrons. The van der Waals surface area contributed by atoms with Crippen molar-refractivity contribution in [2.24, 2.45) is 0 Å². The minimum Gasteiger partial charge on any atom is -0.493 e. The molecule has 0 bridgehead atoms. The maximum absolute atomic E-state index is 9.86. The smallest absolute Gasteiger partial charge is 0.160 e. The average Bonchev–Trinajstić information content (AvgIpc) is 3.08. The highest BCUT2D eigenvalue weighted by atomic mass is 16.5. The quantitative estimate of drug-likeness (QED) is 0.815. The van der Waals surface area contributed by atoms with Crippen molar-refractivity contribution in [2.45, 2.75) is 56.8 Å². The van der Waals surface area contributed by atoms with Crippen LogP contribution in [0.15, 0.2) is 18.2 Å². The van der Waals surface area contributed by atoms with Crippen molar-refractivity contribution in [1.82, 2.24) is 4.90 Å². The van der Waals surface area contributed by atoms with Gasteiger partial charge in [0.15, 0.2) is 11.5 Å². The summed E-state index contributed by atoms with van der Waals surface area (Å²) < 4.78 is 59.8. The number of ether oxygens (including phenoxy) is 3. The van der Waals surface area contributed by atoms with Gasteiger partial charge >= 0.3 is 0 Å². The first-order valence-electron chi connectivity index (χ1n) is 12.0. The third kappa shape index (κ3) is 4.66. The predicted octanol–water partition coefficient (Wildman–Crippen LogP) is 2.64. The molecule has 1 aromatic rings. The van der Waals surface area contributed by atoms with E-state index in [-0.39, 0.29) is 23.7 Å². The summed E-state index contributed by atoms with van der Waals surface area (Å²) in [6, 6.07) is 4.91. The Bertz CT molecular complexity index is 727. The van der Waals surface area contributed by atoms with Crippen LogP contribution in [0.1, 0.15) is 45.9 Å². The second-order valence-electron chi connectivity index (χ2n) is 6.93. The fourth-order valence-corrected chi connectivity index (χ4v) is 3.96. The second-order valence-corrected chi connectivity index (χ2v) is 6.93. The molecular weight excluding hydrogens is 318 g/mol. The maximum atomic E-state index is 9.86. The molecule has 0 spiro atoms. The van der Waals surface area contributed by atoms with Crippen LogP contribution in [0.5, 0.6) is 11.5 Å². The number of likely N-dealkylation sites (tertiary alicyclic amines) is 1. The molecule has 2 aliphatic rings. The number of aliphatic hydroxyl groups is 1. The third-order valence-corrected chi connectivity index (χ3v) is 5.28. The average molecular weight is 356 g/mol. The number of methoxy groups -OCH3 is 2. The molecule has 1 saturated carbocycles. The van der Waals surface area contributed by atoms with Gasteiger partial charge in [-0.25, -0.2) is 0 Å². The normalized spacial score (nSPS) is 32.0. The van der Waals surface area contributed by atoms with Crippen molar-refractivity contribution in [3.05, 3.63) is 23.8 Å². The summed E-state index contributed by atoms with van der Waals surface area (Å²) in [6.07, 6.45) is 5.51. The summed E-state index contributed by atoms with van der Waals surface area (Å²) in [4.78, 5) is 2.33. The Balaban J connectivity index is 1.61. The van der Waals surface area contributed by atoms with Gasteiger partial charge < -0.3 is 19.3 Å². The van der Waals surface area contributed by atoms with Gasteiger partial charge in [0.25, 0.3) is 0 Å². The van der Waals surface area contributed by atoms with Gasteiger partial charge in [0.2, 0.25) is 0 Å². The number of hydrogen-bond acceptors (Lipinski definition) is 5. The third-order valence-electron chi connectivity index (χ3n) is 5.28.